The second-order valence-corrected chi connectivity index (χ2v) is 4.33. The van der Waals surface area contributed by atoms with Gasteiger partial charge in [-0.1, -0.05) is 23.8 Å². The van der Waals surface area contributed by atoms with E-state index < -0.39 is 0 Å². The summed E-state index contributed by atoms with van der Waals surface area (Å²) in [4.78, 5) is 8.95. The van der Waals surface area contributed by atoms with Gasteiger partial charge in [0, 0.05) is 24.2 Å². The Balaban J connectivity index is 2.13. The third-order valence-corrected chi connectivity index (χ3v) is 3.00. The van der Waals surface area contributed by atoms with Gasteiger partial charge in [0.1, 0.15) is 5.82 Å². The van der Waals surface area contributed by atoms with E-state index in [9.17, 15) is 0 Å². The fourth-order valence-corrected chi connectivity index (χ4v) is 2.11. The lowest BCUT2D eigenvalue weighted by molar-refractivity contribution is 0.758. The van der Waals surface area contributed by atoms with Crippen molar-refractivity contribution in [3.8, 4) is 11.4 Å². The lowest BCUT2D eigenvalue weighted by Crippen LogP contribution is -2.03. The maximum absolute atomic E-state index is 5.96. The minimum absolute atomic E-state index is 0.594. The van der Waals surface area contributed by atoms with Crippen molar-refractivity contribution in [1.29, 1.82) is 0 Å². The van der Waals surface area contributed by atoms with Gasteiger partial charge >= 0.3 is 0 Å². The molecule has 0 amide bonds. The molecule has 0 atom stereocenters. The Morgan fingerprint density at radius 1 is 1.24 bits per heavy atom. The van der Waals surface area contributed by atoms with Crippen LogP contribution in [0.15, 0.2) is 24.3 Å². The zero-order valence-corrected chi connectivity index (χ0v) is 9.70. The third-order valence-electron chi connectivity index (χ3n) is 3.00. The minimum Gasteiger partial charge on any atom is -0.383 e. The number of aromatic nitrogens is 2. The van der Waals surface area contributed by atoms with Gasteiger partial charge in [0.25, 0.3) is 0 Å². The summed E-state index contributed by atoms with van der Waals surface area (Å²) in [7, 11) is 0. The van der Waals surface area contributed by atoms with E-state index in [1.54, 1.807) is 0 Å². The first kappa shape index (κ1) is 10.2. The van der Waals surface area contributed by atoms with E-state index in [0.717, 1.165) is 29.9 Å². The number of nitrogens with one attached hydrogen (secondary N) is 1. The minimum atomic E-state index is 0.594. The fourth-order valence-electron chi connectivity index (χ4n) is 2.11. The number of aryl methyl sites for hydroxylation is 1. The number of rotatable bonds is 1. The molecule has 2 heterocycles. The molecule has 86 valence electrons. The zero-order valence-electron chi connectivity index (χ0n) is 9.70. The van der Waals surface area contributed by atoms with Crippen LogP contribution in [0.4, 0.5) is 5.82 Å². The van der Waals surface area contributed by atoms with Crippen LogP contribution in [-0.4, -0.2) is 9.97 Å². The Morgan fingerprint density at radius 2 is 2.12 bits per heavy atom. The van der Waals surface area contributed by atoms with Crippen molar-refractivity contribution in [1.82, 2.24) is 15.3 Å². The van der Waals surface area contributed by atoms with Crippen LogP contribution in [0.5, 0.6) is 0 Å². The van der Waals surface area contributed by atoms with Crippen LogP contribution < -0.4 is 11.1 Å². The van der Waals surface area contributed by atoms with Gasteiger partial charge in [0.05, 0.1) is 5.69 Å². The number of nitrogens with zero attached hydrogens (tertiary/aromatic N) is 2. The molecular weight excluding hydrogens is 212 g/mol. The van der Waals surface area contributed by atoms with Gasteiger partial charge in [-0.25, -0.2) is 9.97 Å². The van der Waals surface area contributed by atoms with Crippen LogP contribution in [-0.2, 0) is 13.1 Å². The molecule has 0 unspecified atom stereocenters. The lowest BCUT2D eigenvalue weighted by Gasteiger charge is -2.06. The van der Waals surface area contributed by atoms with Gasteiger partial charge in [-0.2, -0.15) is 0 Å². The van der Waals surface area contributed by atoms with Crippen LogP contribution in [0.1, 0.15) is 16.8 Å². The highest BCUT2D eigenvalue weighted by Gasteiger charge is 2.17. The molecule has 0 spiro atoms. The molecule has 1 aromatic heterocycles. The van der Waals surface area contributed by atoms with Gasteiger partial charge < -0.3 is 11.1 Å². The third kappa shape index (κ3) is 1.76. The van der Waals surface area contributed by atoms with Gasteiger partial charge in [-0.05, 0) is 13.0 Å². The SMILES string of the molecule is Cc1cccc(-c2nc(N)c3c(n2)CNC3)c1. The molecule has 1 aliphatic rings. The Kier molecular flexibility index (Phi) is 2.30. The molecule has 4 heteroatoms. The molecule has 0 bridgehead atoms. The van der Waals surface area contributed by atoms with E-state index in [2.05, 4.69) is 34.3 Å². The number of nitrogens with two attached hydrogens (primary N) is 1. The molecule has 1 aromatic carbocycles. The number of benzene rings is 1. The average Bonchev–Trinajstić information content (AvgIpc) is 2.77. The molecule has 0 saturated heterocycles. The highest BCUT2D eigenvalue weighted by atomic mass is 15.0. The summed E-state index contributed by atoms with van der Waals surface area (Å²) >= 11 is 0. The van der Waals surface area contributed by atoms with E-state index in [1.807, 2.05) is 12.1 Å². The molecule has 3 rings (SSSR count). The summed E-state index contributed by atoms with van der Waals surface area (Å²) < 4.78 is 0. The predicted molar refractivity (Wildman–Crippen MR) is 67.2 cm³/mol. The first-order valence-corrected chi connectivity index (χ1v) is 5.67. The maximum Gasteiger partial charge on any atom is 0.161 e. The molecule has 0 fully saturated rings. The van der Waals surface area contributed by atoms with E-state index in [4.69, 9.17) is 5.73 Å². The Bertz CT molecular complexity index is 578. The Labute approximate surface area is 99.9 Å². The molecule has 0 saturated carbocycles. The topological polar surface area (TPSA) is 63.8 Å². The smallest absolute Gasteiger partial charge is 0.161 e. The van der Waals surface area contributed by atoms with Crippen molar-refractivity contribution in [3.63, 3.8) is 0 Å². The molecule has 17 heavy (non-hydrogen) atoms. The number of anilines is 1. The van der Waals surface area contributed by atoms with Crippen molar-refractivity contribution in [2.24, 2.45) is 0 Å². The van der Waals surface area contributed by atoms with Crippen molar-refractivity contribution in [3.05, 3.63) is 41.1 Å². The molecule has 4 nitrogen and oxygen atoms in total. The first-order valence-electron chi connectivity index (χ1n) is 5.67. The van der Waals surface area contributed by atoms with Crippen LogP contribution >= 0.6 is 0 Å². The fraction of sp³-hybridized carbons (Fsp3) is 0.231. The average molecular weight is 226 g/mol. The maximum atomic E-state index is 5.96. The summed E-state index contributed by atoms with van der Waals surface area (Å²) in [6, 6.07) is 8.15. The second-order valence-electron chi connectivity index (χ2n) is 4.33. The molecule has 0 aliphatic carbocycles. The summed E-state index contributed by atoms with van der Waals surface area (Å²) in [5.41, 5.74) is 10.2. The van der Waals surface area contributed by atoms with Gasteiger partial charge in [-0.15, -0.1) is 0 Å². The standard InChI is InChI=1S/C13H14N4/c1-8-3-2-4-9(5-8)13-16-11-7-15-6-10(11)12(14)17-13/h2-5,15H,6-7H2,1H3,(H2,14,16,17). The summed E-state index contributed by atoms with van der Waals surface area (Å²) in [5.74, 6) is 1.31. The van der Waals surface area contributed by atoms with E-state index in [0.29, 0.717) is 11.6 Å². The number of nitrogen functional groups attached to an aromatic ring is 1. The van der Waals surface area contributed by atoms with Crippen molar-refractivity contribution < 1.29 is 0 Å². The van der Waals surface area contributed by atoms with Crippen molar-refractivity contribution in [2.75, 3.05) is 5.73 Å². The van der Waals surface area contributed by atoms with Crippen LogP contribution in [0.2, 0.25) is 0 Å². The second kappa shape index (κ2) is 3.82. The van der Waals surface area contributed by atoms with Gasteiger partial charge in [-0.3, -0.25) is 0 Å². The highest BCUT2D eigenvalue weighted by Crippen LogP contribution is 2.23. The molecular formula is C13H14N4. The van der Waals surface area contributed by atoms with E-state index >= 15 is 0 Å². The predicted octanol–water partition coefficient (Wildman–Crippen LogP) is 1.64. The largest absolute Gasteiger partial charge is 0.383 e. The summed E-state index contributed by atoms with van der Waals surface area (Å²) in [6.45, 7) is 3.61. The Hall–Kier alpha value is -1.94. The van der Waals surface area contributed by atoms with Crippen molar-refractivity contribution in [2.45, 2.75) is 20.0 Å². The van der Waals surface area contributed by atoms with Crippen LogP contribution in [0, 0.1) is 6.92 Å². The summed E-state index contributed by atoms with van der Waals surface area (Å²) in [5, 5.41) is 3.24. The van der Waals surface area contributed by atoms with Crippen LogP contribution in [0.25, 0.3) is 11.4 Å². The van der Waals surface area contributed by atoms with Gasteiger partial charge in [0.15, 0.2) is 5.82 Å². The molecule has 0 radical (unpaired) electrons. The molecule has 1 aliphatic heterocycles. The van der Waals surface area contributed by atoms with Crippen molar-refractivity contribution >= 4 is 5.82 Å². The first-order chi connectivity index (χ1) is 8.24. The number of hydrogen-bond donors (Lipinski definition) is 2. The normalized spacial score (nSPS) is 13.7. The highest BCUT2D eigenvalue weighted by molar-refractivity contribution is 5.60. The van der Waals surface area contributed by atoms with Gasteiger partial charge in [0.2, 0.25) is 0 Å². The quantitative estimate of drug-likeness (QED) is 0.776. The summed E-state index contributed by atoms with van der Waals surface area (Å²) in [6.07, 6.45) is 0. The zero-order chi connectivity index (χ0) is 11.8. The number of hydrogen-bond acceptors (Lipinski definition) is 4. The monoisotopic (exact) mass is 226 g/mol. The van der Waals surface area contributed by atoms with E-state index in [1.165, 1.54) is 5.56 Å². The Morgan fingerprint density at radius 3 is 2.94 bits per heavy atom. The number of fused-ring (bicyclic) bond motifs is 1. The van der Waals surface area contributed by atoms with E-state index in [-0.39, 0.29) is 0 Å². The lowest BCUT2D eigenvalue weighted by atomic mass is 10.1. The molecule has 3 N–H and O–H groups in total. The molecule has 2 aromatic rings. The van der Waals surface area contributed by atoms with Crippen LogP contribution in [0.3, 0.4) is 0 Å².